The lowest BCUT2D eigenvalue weighted by Crippen LogP contribution is -2.68. The molecule has 0 aromatic rings. The second-order valence-corrected chi connectivity index (χ2v) is 6.88. The lowest BCUT2D eigenvalue weighted by Gasteiger charge is -2.45. The maximum Gasteiger partial charge on any atom is 0.349 e. The minimum absolute atomic E-state index is 0.281. The number of aliphatic hydroxyl groups is 8. The highest BCUT2D eigenvalue weighted by molar-refractivity contribution is 5.17. The highest BCUT2D eigenvalue weighted by Gasteiger charge is 2.87. The molecule has 3 fully saturated rings. The van der Waals surface area contributed by atoms with Gasteiger partial charge in [0.2, 0.25) is 5.79 Å². The maximum atomic E-state index is 10.6. The molecule has 0 amide bonds. The molecule has 0 aromatic heterocycles. The minimum atomic E-state index is -2.63. The predicted octanol–water partition coefficient (Wildman–Crippen LogP) is -4.76. The first-order valence-corrected chi connectivity index (χ1v) is 8.28. The van der Waals surface area contributed by atoms with Gasteiger partial charge in [0.05, 0.1) is 13.2 Å². The van der Waals surface area contributed by atoms with E-state index < -0.39 is 73.5 Å². The Morgan fingerprint density at radius 3 is 2.19 bits per heavy atom. The van der Waals surface area contributed by atoms with Crippen molar-refractivity contribution in [1.82, 2.24) is 0 Å². The molecule has 9 atom stereocenters. The van der Waals surface area contributed by atoms with Gasteiger partial charge in [-0.05, 0) is 6.42 Å². The van der Waals surface area contributed by atoms with Crippen molar-refractivity contribution in [2.24, 2.45) is 0 Å². The first-order valence-electron chi connectivity index (χ1n) is 8.28. The van der Waals surface area contributed by atoms with Crippen LogP contribution in [0.3, 0.4) is 0 Å². The van der Waals surface area contributed by atoms with Crippen LogP contribution in [0.5, 0.6) is 0 Å². The van der Waals surface area contributed by atoms with Crippen molar-refractivity contribution >= 4 is 0 Å². The molecule has 12 heteroatoms. The second-order valence-electron chi connectivity index (χ2n) is 6.88. The van der Waals surface area contributed by atoms with Crippen molar-refractivity contribution in [3.8, 4) is 0 Å². The number of hydrogen-bond acceptors (Lipinski definition) is 12. The van der Waals surface area contributed by atoms with E-state index in [1.54, 1.807) is 0 Å². The standard InChI is InChI=1S/C15H24O12/c1-2-3-12(22)8(5-17)25-15(14(23,27-15)11(12)21)26-13(6-18)10(20)9(19)7(4-16)24-13/h2,7-11,16-23H,1,3-6H2/t7-,8-,9-,10+,11+,12-,13?,14+,15-/m1/s1. The Morgan fingerprint density at radius 2 is 1.70 bits per heavy atom. The van der Waals surface area contributed by atoms with E-state index in [1.807, 2.05) is 0 Å². The predicted molar refractivity (Wildman–Crippen MR) is 81.4 cm³/mol. The van der Waals surface area contributed by atoms with Crippen LogP contribution in [-0.4, -0.2) is 114 Å². The fraction of sp³-hybridized carbons (Fsp3) is 0.867. The molecular weight excluding hydrogens is 372 g/mol. The molecule has 0 aromatic carbocycles. The third kappa shape index (κ3) is 2.69. The van der Waals surface area contributed by atoms with Crippen molar-refractivity contribution in [3.05, 3.63) is 12.7 Å². The Kier molecular flexibility index (Phi) is 5.17. The van der Waals surface area contributed by atoms with Gasteiger partial charge in [-0.3, -0.25) is 9.47 Å². The zero-order valence-corrected chi connectivity index (χ0v) is 14.2. The molecule has 12 nitrogen and oxygen atoms in total. The molecule has 3 aliphatic rings. The van der Waals surface area contributed by atoms with E-state index in [0.29, 0.717) is 0 Å². The Balaban J connectivity index is 1.91. The van der Waals surface area contributed by atoms with E-state index in [1.165, 1.54) is 6.08 Å². The summed E-state index contributed by atoms with van der Waals surface area (Å²) in [4.78, 5) is 0. The Hall–Kier alpha value is -0.740. The number of epoxide rings is 1. The topological polar surface area (TPSA) is 202 Å². The first-order chi connectivity index (χ1) is 12.6. The molecule has 27 heavy (non-hydrogen) atoms. The van der Waals surface area contributed by atoms with Gasteiger partial charge >= 0.3 is 5.97 Å². The van der Waals surface area contributed by atoms with Crippen molar-refractivity contribution in [3.63, 3.8) is 0 Å². The van der Waals surface area contributed by atoms with Crippen LogP contribution in [0.4, 0.5) is 0 Å². The summed E-state index contributed by atoms with van der Waals surface area (Å²) in [5.41, 5.74) is -2.18. The highest BCUT2D eigenvalue weighted by atomic mass is 17.0. The van der Waals surface area contributed by atoms with Gasteiger partial charge in [0, 0.05) is 0 Å². The van der Waals surface area contributed by atoms with Gasteiger partial charge in [-0.1, -0.05) is 6.08 Å². The summed E-state index contributed by atoms with van der Waals surface area (Å²) in [7, 11) is 0. The van der Waals surface area contributed by atoms with E-state index in [4.69, 9.17) is 18.9 Å². The van der Waals surface area contributed by atoms with Crippen LogP contribution in [0.15, 0.2) is 12.7 Å². The molecule has 0 aliphatic carbocycles. The summed E-state index contributed by atoms with van der Waals surface area (Å²) in [5, 5.41) is 80.1. The average Bonchev–Trinajstić information content (AvgIpc) is 3.17. The number of hydrogen-bond donors (Lipinski definition) is 8. The number of aliphatic hydroxyl groups excluding tert-OH is 6. The first kappa shape index (κ1) is 21.0. The van der Waals surface area contributed by atoms with Crippen LogP contribution in [0, 0.1) is 0 Å². The van der Waals surface area contributed by atoms with Gasteiger partial charge in [-0.25, -0.2) is 0 Å². The smallest absolute Gasteiger partial charge is 0.349 e. The number of fused-ring (bicyclic) bond motifs is 1. The van der Waals surface area contributed by atoms with Crippen molar-refractivity contribution in [1.29, 1.82) is 0 Å². The van der Waals surface area contributed by atoms with E-state index in [2.05, 4.69) is 6.58 Å². The molecule has 8 N–H and O–H groups in total. The van der Waals surface area contributed by atoms with Crippen molar-refractivity contribution < 1.29 is 59.8 Å². The van der Waals surface area contributed by atoms with Gasteiger partial charge in [-0.2, -0.15) is 0 Å². The minimum Gasteiger partial charge on any atom is -0.394 e. The third-order valence-electron chi connectivity index (χ3n) is 5.24. The molecule has 156 valence electrons. The maximum absolute atomic E-state index is 10.6. The zero-order valence-electron chi connectivity index (χ0n) is 14.2. The Morgan fingerprint density at radius 1 is 1.04 bits per heavy atom. The SMILES string of the molecule is C=CC[C@@]1(O)[C@@H](CO)O[C@]2(OC3(CO)O[C@H](CO)[C@@H](O)[C@@H]3O)O[C@@]2(O)[C@H]1O. The molecule has 3 rings (SSSR count). The van der Waals surface area contributed by atoms with Gasteiger partial charge in [-0.15, -0.1) is 6.58 Å². The van der Waals surface area contributed by atoms with Crippen LogP contribution in [0.25, 0.3) is 0 Å². The van der Waals surface area contributed by atoms with Crippen LogP contribution >= 0.6 is 0 Å². The molecular formula is C15H24O12. The monoisotopic (exact) mass is 396 g/mol. The second kappa shape index (κ2) is 6.66. The summed E-state index contributed by atoms with van der Waals surface area (Å²) in [6.07, 6.45) is -7.46. The van der Waals surface area contributed by atoms with Crippen molar-refractivity contribution in [2.45, 2.75) is 60.1 Å². The third-order valence-corrected chi connectivity index (χ3v) is 5.24. The Bertz CT molecular complexity index is 589. The highest BCUT2D eigenvalue weighted by Crippen LogP contribution is 2.60. The quantitative estimate of drug-likeness (QED) is 0.151. The van der Waals surface area contributed by atoms with E-state index in [0.717, 1.165) is 0 Å². The largest absolute Gasteiger partial charge is 0.394 e. The fourth-order valence-corrected chi connectivity index (χ4v) is 3.58. The summed E-state index contributed by atoms with van der Waals surface area (Å²) < 4.78 is 20.9. The molecule has 3 saturated heterocycles. The average molecular weight is 396 g/mol. The molecule has 0 bridgehead atoms. The zero-order chi connectivity index (χ0) is 20.3. The summed E-state index contributed by atoms with van der Waals surface area (Å²) >= 11 is 0. The molecule has 0 spiro atoms. The van der Waals surface area contributed by atoms with Crippen LogP contribution in [0.1, 0.15) is 6.42 Å². The lowest BCUT2D eigenvalue weighted by molar-refractivity contribution is -0.410. The summed E-state index contributed by atoms with van der Waals surface area (Å²) in [6.45, 7) is 0.838. The fourth-order valence-electron chi connectivity index (χ4n) is 3.58. The molecule has 1 unspecified atom stereocenters. The molecule has 0 saturated carbocycles. The normalized spacial score (nSPS) is 54.6. The van der Waals surface area contributed by atoms with E-state index in [9.17, 15) is 40.9 Å². The molecule has 0 radical (unpaired) electrons. The van der Waals surface area contributed by atoms with E-state index in [-0.39, 0.29) is 6.42 Å². The van der Waals surface area contributed by atoms with Gasteiger partial charge in [0.1, 0.15) is 42.7 Å². The van der Waals surface area contributed by atoms with Crippen LogP contribution < -0.4 is 0 Å². The molecule has 3 heterocycles. The summed E-state index contributed by atoms with van der Waals surface area (Å²) in [6, 6.07) is 0. The van der Waals surface area contributed by atoms with Crippen molar-refractivity contribution in [2.75, 3.05) is 19.8 Å². The Labute approximate surface area is 153 Å². The number of ether oxygens (including phenoxy) is 4. The van der Waals surface area contributed by atoms with Gasteiger partial charge in [0.15, 0.2) is 0 Å². The number of rotatable bonds is 7. The van der Waals surface area contributed by atoms with Gasteiger partial charge in [0.25, 0.3) is 5.79 Å². The lowest BCUT2D eigenvalue weighted by atomic mass is 9.81. The van der Waals surface area contributed by atoms with Gasteiger partial charge < -0.3 is 50.3 Å². The van der Waals surface area contributed by atoms with E-state index >= 15 is 0 Å². The van der Waals surface area contributed by atoms with Crippen LogP contribution in [0.2, 0.25) is 0 Å². The summed E-state index contributed by atoms with van der Waals surface area (Å²) in [5.74, 6) is -7.55. The molecule has 3 aliphatic heterocycles. The van der Waals surface area contributed by atoms with Crippen LogP contribution in [-0.2, 0) is 18.9 Å².